The van der Waals surface area contributed by atoms with Crippen molar-refractivity contribution in [1.29, 1.82) is 0 Å². The standard InChI is InChI=1S/C21H20N2O4S/c1-3-27-16-10-8-15(9-11-16)18(24)14-28-20-21(25)23(13-12-22-20)17-6-4-5-7-19(17)26-2/h4-13H,3,14H2,1-2H3. The number of para-hydroxylation sites is 2. The van der Waals surface area contributed by atoms with Gasteiger partial charge in [0.15, 0.2) is 10.8 Å². The molecule has 0 unspecified atom stereocenters. The first-order valence-corrected chi connectivity index (χ1v) is 9.72. The van der Waals surface area contributed by atoms with Gasteiger partial charge in [0.05, 0.1) is 25.2 Å². The Labute approximate surface area is 167 Å². The smallest absolute Gasteiger partial charge is 0.287 e. The number of benzene rings is 2. The van der Waals surface area contributed by atoms with Crippen LogP contribution in [-0.2, 0) is 0 Å². The Hall–Kier alpha value is -3.06. The predicted molar refractivity (Wildman–Crippen MR) is 109 cm³/mol. The third-order valence-electron chi connectivity index (χ3n) is 3.98. The summed E-state index contributed by atoms with van der Waals surface area (Å²) in [7, 11) is 1.55. The van der Waals surface area contributed by atoms with Crippen molar-refractivity contribution in [3.05, 3.63) is 76.8 Å². The largest absolute Gasteiger partial charge is 0.495 e. The number of aromatic nitrogens is 2. The molecule has 0 radical (unpaired) electrons. The third kappa shape index (κ3) is 4.43. The zero-order chi connectivity index (χ0) is 19.9. The Morgan fingerprint density at radius 2 is 1.89 bits per heavy atom. The lowest BCUT2D eigenvalue weighted by molar-refractivity contribution is 0.102. The van der Waals surface area contributed by atoms with Crippen molar-refractivity contribution in [1.82, 2.24) is 9.55 Å². The summed E-state index contributed by atoms with van der Waals surface area (Å²) in [6.45, 7) is 2.47. The lowest BCUT2D eigenvalue weighted by atomic mass is 10.1. The maximum atomic E-state index is 12.8. The van der Waals surface area contributed by atoms with E-state index in [1.165, 1.54) is 10.8 Å². The van der Waals surface area contributed by atoms with E-state index in [2.05, 4.69) is 4.98 Å². The molecule has 0 atom stereocenters. The number of Topliss-reactive ketones (excluding diaryl/α,β-unsaturated/α-hetero) is 1. The minimum absolute atomic E-state index is 0.0815. The van der Waals surface area contributed by atoms with Crippen molar-refractivity contribution in [2.45, 2.75) is 11.9 Å². The summed E-state index contributed by atoms with van der Waals surface area (Å²) < 4.78 is 12.2. The Kier molecular flexibility index (Phi) is 6.49. The molecule has 144 valence electrons. The average molecular weight is 396 g/mol. The molecule has 28 heavy (non-hydrogen) atoms. The van der Waals surface area contributed by atoms with E-state index in [9.17, 15) is 9.59 Å². The summed E-state index contributed by atoms with van der Waals surface area (Å²) in [4.78, 5) is 29.4. The maximum absolute atomic E-state index is 12.8. The summed E-state index contributed by atoms with van der Waals surface area (Å²) in [5, 5.41) is 0.257. The van der Waals surface area contributed by atoms with Gasteiger partial charge < -0.3 is 9.47 Å². The van der Waals surface area contributed by atoms with Crippen LogP contribution < -0.4 is 15.0 Å². The Morgan fingerprint density at radius 1 is 1.14 bits per heavy atom. The SMILES string of the molecule is CCOc1ccc(C(=O)CSc2nccn(-c3ccccc3OC)c2=O)cc1. The van der Waals surface area contributed by atoms with Gasteiger partial charge in [-0.2, -0.15) is 0 Å². The molecule has 2 aromatic carbocycles. The topological polar surface area (TPSA) is 70.4 Å². The van der Waals surface area contributed by atoms with E-state index >= 15 is 0 Å². The van der Waals surface area contributed by atoms with Crippen LogP contribution in [0.25, 0.3) is 5.69 Å². The molecule has 0 fully saturated rings. The monoisotopic (exact) mass is 396 g/mol. The number of carbonyl (C=O) groups excluding carboxylic acids is 1. The molecule has 0 bridgehead atoms. The quantitative estimate of drug-likeness (QED) is 0.428. The van der Waals surface area contributed by atoms with Crippen LogP contribution in [0.5, 0.6) is 11.5 Å². The summed E-state index contributed by atoms with van der Waals surface area (Å²) in [5.41, 5.74) is 0.894. The molecule has 0 aliphatic rings. The molecule has 3 rings (SSSR count). The molecule has 0 aliphatic carbocycles. The van der Waals surface area contributed by atoms with Crippen LogP contribution in [0.15, 0.2) is 70.7 Å². The summed E-state index contributed by atoms with van der Waals surface area (Å²) in [6.07, 6.45) is 3.12. The number of ketones is 1. The highest BCUT2D eigenvalue weighted by Crippen LogP contribution is 2.22. The molecule has 7 heteroatoms. The van der Waals surface area contributed by atoms with E-state index in [1.807, 2.05) is 19.1 Å². The highest BCUT2D eigenvalue weighted by molar-refractivity contribution is 7.99. The summed E-state index contributed by atoms with van der Waals surface area (Å²) in [5.74, 6) is 1.34. The molecule has 0 spiro atoms. The Bertz CT molecular complexity index is 1020. The van der Waals surface area contributed by atoms with Crippen molar-refractivity contribution in [3.63, 3.8) is 0 Å². The molecule has 3 aromatic rings. The molecule has 1 heterocycles. The van der Waals surface area contributed by atoms with Crippen LogP contribution in [0.1, 0.15) is 17.3 Å². The molecular weight excluding hydrogens is 376 g/mol. The van der Waals surface area contributed by atoms with Gasteiger partial charge in [-0.3, -0.25) is 14.2 Å². The second-order valence-electron chi connectivity index (χ2n) is 5.75. The first-order chi connectivity index (χ1) is 13.6. The van der Waals surface area contributed by atoms with Crippen molar-refractivity contribution in [2.24, 2.45) is 0 Å². The van der Waals surface area contributed by atoms with Crippen LogP contribution in [0.2, 0.25) is 0 Å². The summed E-state index contributed by atoms with van der Waals surface area (Å²) in [6, 6.07) is 14.2. The van der Waals surface area contributed by atoms with Gasteiger partial charge in [0, 0.05) is 18.0 Å². The fraction of sp³-hybridized carbons (Fsp3) is 0.190. The van der Waals surface area contributed by atoms with Crippen molar-refractivity contribution < 1.29 is 14.3 Å². The normalized spacial score (nSPS) is 10.5. The zero-order valence-corrected chi connectivity index (χ0v) is 16.4. The van der Waals surface area contributed by atoms with Crippen molar-refractivity contribution >= 4 is 17.5 Å². The van der Waals surface area contributed by atoms with Crippen LogP contribution in [0.3, 0.4) is 0 Å². The molecule has 0 saturated heterocycles. The van der Waals surface area contributed by atoms with Gasteiger partial charge in [0.1, 0.15) is 11.5 Å². The van der Waals surface area contributed by atoms with Crippen LogP contribution >= 0.6 is 11.8 Å². The lowest BCUT2D eigenvalue weighted by Gasteiger charge is -2.11. The highest BCUT2D eigenvalue weighted by Gasteiger charge is 2.13. The van der Waals surface area contributed by atoms with Crippen molar-refractivity contribution in [3.8, 4) is 17.2 Å². The first-order valence-electron chi connectivity index (χ1n) is 8.74. The number of methoxy groups -OCH3 is 1. The second-order valence-corrected chi connectivity index (χ2v) is 6.71. The number of nitrogens with zero attached hydrogens (tertiary/aromatic N) is 2. The summed E-state index contributed by atoms with van der Waals surface area (Å²) >= 11 is 1.12. The molecule has 1 aromatic heterocycles. The number of carbonyl (C=O) groups is 1. The van der Waals surface area contributed by atoms with Crippen LogP contribution in [-0.4, -0.2) is 34.8 Å². The minimum Gasteiger partial charge on any atom is -0.495 e. The lowest BCUT2D eigenvalue weighted by Crippen LogP contribution is -2.21. The second kappa shape index (κ2) is 9.23. The van der Waals surface area contributed by atoms with Gasteiger partial charge >= 0.3 is 0 Å². The van der Waals surface area contributed by atoms with Gasteiger partial charge in [0.2, 0.25) is 0 Å². The molecule has 0 saturated carbocycles. The zero-order valence-electron chi connectivity index (χ0n) is 15.6. The Balaban J connectivity index is 1.76. The number of thioether (sulfide) groups is 1. The van der Waals surface area contributed by atoms with E-state index < -0.39 is 0 Å². The van der Waals surface area contributed by atoms with Gasteiger partial charge in [-0.15, -0.1) is 0 Å². The third-order valence-corrected chi connectivity index (χ3v) is 4.94. The molecular formula is C21H20N2O4S. The number of rotatable bonds is 8. The fourth-order valence-electron chi connectivity index (χ4n) is 2.63. The van der Waals surface area contributed by atoms with E-state index in [1.54, 1.807) is 49.7 Å². The predicted octanol–water partition coefficient (Wildman–Crippen LogP) is 3.61. The maximum Gasteiger partial charge on any atom is 0.287 e. The van der Waals surface area contributed by atoms with Gasteiger partial charge in [-0.05, 0) is 43.3 Å². The minimum atomic E-state index is -0.295. The first kappa shape index (κ1) is 19.7. The number of ether oxygens (including phenoxy) is 2. The number of hydrogen-bond acceptors (Lipinski definition) is 6. The Morgan fingerprint density at radius 3 is 2.61 bits per heavy atom. The molecule has 0 aliphatic heterocycles. The average Bonchev–Trinajstić information content (AvgIpc) is 2.73. The fourth-order valence-corrected chi connectivity index (χ4v) is 3.42. The van der Waals surface area contributed by atoms with Gasteiger partial charge in [0.25, 0.3) is 5.56 Å². The van der Waals surface area contributed by atoms with Gasteiger partial charge in [-0.25, -0.2) is 4.98 Å². The number of hydrogen-bond donors (Lipinski definition) is 0. The molecule has 0 N–H and O–H groups in total. The van der Waals surface area contributed by atoms with Crippen molar-refractivity contribution in [2.75, 3.05) is 19.5 Å². The van der Waals surface area contributed by atoms with E-state index in [0.29, 0.717) is 23.6 Å². The van der Waals surface area contributed by atoms with E-state index in [4.69, 9.17) is 9.47 Å². The van der Waals surface area contributed by atoms with Crippen LogP contribution in [0, 0.1) is 0 Å². The highest BCUT2D eigenvalue weighted by atomic mass is 32.2. The van der Waals surface area contributed by atoms with Crippen LogP contribution in [0.4, 0.5) is 0 Å². The van der Waals surface area contributed by atoms with E-state index in [-0.39, 0.29) is 22.1 Å². The van der Waals surface area contributed by atoms with Gasteiger partial charge in [-0.1, -0.05) is 23.9 Å². The molecule has 0 amide bonds. The molecule has 6 nitrogen and oxygen atoms in total. The van der Waals surface area contributed by atoms with E-state index in [0.717, 1.165) is 17.5 Å².